The standard InChI is InChI=1S/C48H82N2/c1-7-19-41(38-23-12-9-13-24-38)46(35(3)40-25-15-16-26-42(40)48(4,5)6)47(39-32-30-37(31-33-39)36-21-10-8-11-22-36)50(45-29-18-27-43(45)49)44-28-17-14-20-34(44)2/h10,21,30,32,34-45H,7-9,11-20,22-29,31,33,49H2,1-6H3/b47-46-. The van der Waals surface area contributed by atoms with E-state index in [0.29, 0.717) is 35.4 Å². The number of hydrogen-bond acceptors (Lipinski definition) is 2. The van der Waals surface area contributed by atoms with E-state index in [1.54, 1.807) is 0 Å². The van der Waals surface area contributed by atoms with Crippen LogP contribution in [0.15, 0.2) is 35.6 Å². The third kappa shape index (κ3) is 8.84. The molecule has 2 N–H and O–H groups in total. The number of allylic oxidation sites excluding steroid dienone is 5. The van der Waals surface area contributed by atoms with Crippen molar-refractivity contribution >= 4 is 0 Å². The SMILES string of the molecule is CCCC(/C(=C(/C1C=CC(C2C=CCCC2)CC1)N(C1CCCCC1C)C1CCCC1N)C(C)C1CCCCC1C(C)(C)C)C1CCCCC1. The molecule has 6 aliphatic rings. The van der Waals surface area contributed by atoms with Crippen molar-refractivity contribution in [1.82, 2.24) is 4.90 Å². The van der Waals surface area contributed by atoms with Gasteiger partial charge in [-0.3, -0.25) is 0 Å². The van der Waals surface area contributed by atoms with Gasteiger partial charge in [-0.05, 0) is 155 Å². The summed E-state index contributed by atoms with van der Waals surface area (Å²) in [4.78, 5) is 3.21. The van der Waals surface area contributed by atoms with Crippen molar-refractivity contribution in [1.29, 1.82) is 0 Å². The minimum Gasteiger partial charge on any atom is -0.367 e. The second kappa shape index (κ2) is 17.9. The summed E-state index contributed by atoms with van der Waals surface area (Å²) in [6, 6.07) is 1.49. The molecule has 50 heavy (non-hydrogen) atoms. The minimum atomic E-state index is 0.319. The molecule has 11 atom stereocenters. The molecule has 0 amide bonds. The van der Waals surface area contributed by atoms with Gasteiger partial charge in [0.1, 0.15) is 0 Å². The van der Waals surface area contributed by atoms with Crippen molar-refractivity contribution in [2.75, 3.05) is 0 Å². The first-order chi connectivity index (χ1) is 24.2. The van der Waals surface area contributed by atoms with Crippen LogP contribution in [0.5, 0.6) is 0 Å². The first-order valence-electron chi connectivity index (χ1n) is 22.8. The Kier molecular flexibility index (Phi) is 13.8. The maximum atomic E-state index is 7.30. The molecule has 0 aromatic heterocycles. The van der Waals surface area contributed by atoms with Crippen molar-refractivity contribution < 1.29 is 0 Å². The monoisotopic (exact) mass is 687 g/mol. The molecule has 0 aromatic rings. The average molecular weight is 687 g/mol. The molecule has 0 saturated heterocycles. The van der Waals surface area contributed by atoms with Crippen molar-refractivity contribution in [2.45, 2.75) is 207 Å². The second-order valence-corrected chi connectivity index (χ2v) is 20.0. The summed E-state index contributed by atoms with van der Waals surface area (Å²) in [6.07, 6.45) is 42.5. The van der Waals surface area contributed by atoms with Crippen LogP contribution in [0.1, 0.15) is 189 Å². The van der Waals surface area contributed by atoms with Crippen LogP contribution < -0.4 is 5.73 Å². The Hall–Kier alpha value is -1.02. The van der Waals surface area contributed by atoms with Crippen LogP contribution in [0, 0.1) is 58.7 Å². The van der Waals surface area contributed by atoms with Crippen LogP contribution in [0.3, 0.4) is 0 Å². The van der Waals surface area contributed by atoms with Crippen LogP contribution in [0.2, 0.25) is 0 Å². The molecule has 6 rings (SSSR count). The molecule has 0 spiro atoms. The first-order valence-corrected chi connectivity index (χ1v) is 22.8. The Morgan fingerprint density at radius 3 is 2.06 bits per heavy atom. The quantitative estimate of drug-likeness (QED) is 0.219. The van der Waals surface area contributed by atoms with Gasteiger partial charge in [-0.25, -0.2) is 0 Å². The van der Waals surface area contributed by atoms with Gasteiger partial charge in [-0.2, -0.15) is 0 Å². The van der Waals surface area contributed by atoms with E-state index >= 15 is 0 Å². The number of nitrogens with two attached hydrogens (primary N) is 1. The fourth-order valence-corrected chi connectivity index (χ4v) is 13.1. The highest BCUT2D eigenvalue weighted by Crippen LogP contribution is 2.53. The highest BCUT2D eigenvalue weighted by Gasteiger charge is 2.46. The molecule has 0 heterocycles. The summed E-state index contributed by atoms with van der Waals surface area (Å²) in [5.41, 5.74) is 11.5. The van der Waals surface area contributed by atoms with Crippen molar-refractivity contribution in [3.8, 4) is 0 Å². The lowest BCUT2D eigenvalue weighted by atomic mass is 9.59. The molecule has 2 heteroatoms. The molecule has 0 radical (unpaired) electrons. The van der Waals surface area contributed by atoms with Crippen molar-refractivity contribution in [3.05, 3.63) is 35.6 Å². The highest BCUT2D eigenvalue weighted by atomic mass is 15.2. The second-order valence-electron chi connectivity index (χ2n) is 20.0. The van der Waals surface area contributed by atoms with E-state index in [4.69, 9.17) is 5.73 Å². The molecule has 284 valence electrons. The summed E-state index contributed by atoms with van der Waals surface area (Å²) in [5, 5.41) is 0. The van der Waals surface area contributed by atoms with Gasteiger partial charge in [0, 0.05) is 29.7 Å². The van der Waals surface area contributed by atoms with E-state index in [9.17, 15) is 0 Å². The zero-order valence-electron chi connectivity index (χ0n) is 34.0. The van der Waals surface area contributed by atoms with Gasteiger partial charge in [0.25, 0.3) is 0 Å². The lowest BCUT2D eigenvalue weighted by Gasteiger charge is -2.52. The zero-order chi connectivity index (χ0) is 35.3. The normalized spacial score (nSPS) is 37.7. The van der Waals surface area contributed by atoms with Gasteiger partial charge < -0.3 is 10.6 Å². The molecular formula is C48H82N2. The molecule has 0 bridgehead atoms. The summed E-state index contributed by atoms with van der Waals surface area (Å²) in [6.45, 7) is 15.7. The Balaban J connectivity index is 1.56. The van der Waals surface area contributed by atoms with Crippen molar-refractivity contribution in [3.63, 3.8) is 0 Å². The molecule has 2 nitrogen and oxygen atoms in total. The Morgan fingerprint density at radius 2 is 1.42 bits per heavy atom. The van der Waals surface area contributed by atoms with Crippen LogP contribution in [0.4, 0.5) is 0 Å². The molecule has 0 aromatic carbocycles. The first kappa shape index (κ1) is 38.7. The lowest BCUT2D eigenvalue weighted by Crippen LogP contribution is -2.54. The van der Waals surface area contributed by atoms with Crippen molar-refractivity contribution in [2.24, 2.45) is 64.4 Å². The number of rotatable bonds is 11. The molecular weight excluding hydrogens is 605 g/mol. The van der Waals surface area contributed by atoms with Gasteiger partial charge in [0.05, 0.1) is 0 Å². The Bertz CT molecular complexity index is 1130. The van der Waals surface area contributed by atoms with Gasteiger partial charge in [0.15, 0.2) is 0 Å². The third-order valence-corrected chi connectivity index (χ3v) is 15.8. The van der Waals surface area contributed by atoms with Gasteiger partial charge in [-0.15, -0.1) is 0 Å². The number of nitrogens with zero attached hydrogens (tertiary/aromatic N) is 1. The average Bonchev–Trinajstić information content (AvgIpc) is 3.56. The van der Waals surface area contributed by atoms with Crippen LogP contribution in [0.25, 0.3) is 0 Å². The van der Waals surface area contributed by atoms with Crippen LogP contribution in [-0.4, -0.2) is 23.0 Å². The summed E-state index contributed by atoms with van der Waals surface area (Å²) < 4.78 is 0. The number of hydrogen-bond donors (Lipinski definition) is 1. The topological polar surface area (TPSA) is 29.3 Å². The van der Waals surface area contributed by atoms with Gasteiger partial charge in [-0.1, -0.05) is 117 Å². The minimum absolute atomic E-state index is 0.319. The van der Waals surface area contributed by atoms with Crippen LogP contribution >= 0.6 is 0 Å². The Labute approximate surface area is 311 Å². The molecule has 0 aliphatic heterocycles. The van der Waals surface area contributed by atoms with E-state index in [-0.39, 0.29) is 0 Å². The Morgan fingerprint density at radius 1 is 0.720 bits per heavy atom. The summed E-state index contributed by atoms with van der Waals surface area (Å²) in [5.74, 6) is 6.67. The van der Waals surface area contributed by atoms with Gasteiger partial charge >= 0.3 is 0 Å². The van der Waals surface area contributed by atoms with Crippen LogP contribution in [-0.2, 0) is 0 Å². The third-order valence-electron chi connectivity index (χ3n) is 15.8. The maximum absolute atomic E-state index is 7.30. The van der Waals surface area contributed by atoms with E-state index in [0.717, 1.165) is 41.4 Å². The largest absolute Gasteiger partial charge is 0.367 e. The lowest BCUT2D eigenvalue weighted by molar-refractivity contribution is 0.0619. The smallest absolute Gasteiger partial charge is 0.0441 e. The predicted octanol–water partition coefficient (Wildman–Crippen LogP) is 13.4. The maximum Gasteiger partial charge on any atom is 0.0441 e. The van der Waals surface area contributed by atoms with E-state index in [1.807, 2.05) is 11.3 Å². The highest BCUT2D eigenvalue weighted by molar-refractivity contribution is 5.30. The van der Waals surface area contributed by atoms with Gasteiger partial charge in [0.2, 0.25) is 0 Å². The fraction of sp³-hybridized carbons (Fsp3) is 0.875. The summed E-state index contributed by atoms with van der Waals surface area (Å²) in [7, 11) is 0. The van der Waals surface area contributed by atoms with E-state index < -0.39 is 0 Å². The molecule has 4 fully saturated rings. The zero-order valence-corrected chi connectivity index (χ0v) is 34.0. The van der Waals surface area contributed by atoms with E-state index in [2.05, 4.69) is 70.7 Å². The molecule has 4 saturated carbocycles. The predicted molar refractivity (Wildman–Crippen MR) is 217 cm³/mol. The molecule has 11 unspecified atom stereocenters. The van der Waals surface area contributed by atoms with E-state index in [1.165, 1.54) is 148 Å². The fourth-order valence-electron chi connectivity index (χ4n) is 13.1. The molecule has 6 aliphatic carbocycles. The summed E-state index contributed by atoms with van der Waals surface area (Å²) >= 11 is 0.